The number of alkyl halides is 1. The van der Waals surface area contributed by atoms with Crippen molar-refractivity contribution < 1.29 is 13.9 Å². The van der Waals surface area contributed by atoms with Gasteiger partial charge in [0.1, 0.15) is 12.1 Å². The lowest BCUT2D eigenvalue weighted by Gasteiger charge is -2.13. The third kappa shape index (κ3) is 3.10. The van der Waals surface area contributed by atoms with Crippen LogP contribution < -0.4 is 10.5 Å². The average Bonchev–Trinajstić information content (AvgIpc) is 3.24. The van der Waals surface area contributed by atoms with Crippen molar-refractivity contribution in [3.8, 4) is 26.9 Å². The van der Waals surface area contributed by atoms with E-state index in [1.807, 2.05) is 26.0 Å². The van der Waals surface area contributed by atoms with Gasteiger partial charge >= 0.3 is 0 Å². The molecule has 0 spiro atoms. The summed E-state index contributed by atoms with van der Waals surface area (Å²) in [6.45, 7) is 4.11. The normalized spacial score (nSPS) is 14.2. The topological polar surface area (TPSA) is 83.0 Å². The lowest BCUT2D eigenvalue weighted by atomic mass is 10.1. The van der Waals surface area contributed by atoms with Gasteiger partial charge in [-0.25, -0.2) is 14.1 Å². The Balaban J connectivity index is 1.80. The van der Waals surface area contributed by atoms with Crippen LogP contribution in [-0.4, -0.2) is 27.3 Å². The average molecular weight is 386 g/mol. The second-order valence-electron chi connectivity index (χ2n) is 6.78. The number of carbonyl (C=O) groups excluding carboxylic acids is 1. The molecular weight excluding hydrogens is 367 g/mol. The fourth-order valence-electron chi connectivity index (χ4n) is 3.10. The first-order valence-corrected chi connectivity index (χ1v) is 9.51. The van der Waals surface area contributed by atoms with Crippen LogP contribution in [0.1, 0.15) is 36.1 Å². The molecule has 0 aliphatic carbocycles. The molecule has 1 amide bonds. The van der Waals surface area contributed by atoms with Gasteiger partial charge in [0.2, 0.25) is 5.91 Å². The lowest BCUT2D eigenvalue weighted by molar-refractivity contribution is 0.1000. The van der Waals surface area contributed by atoms with E-state index < -0.39 is 12.2 Å². The van der Waals surface area contributed by atoms with Gasteiger partial charge in [-0.2, -0.15) is 5.10 Å². The summed E-state index contributed by atoms with van der Waals surface area (Å²) in [7, 11) is 0. The molecule has 3 aromatic rings. The second-order valence-corrected chi connectivity index (χ2v) is 7.84. The van der Waals surface area contributed by atoms with Gasteiger partial charge in [-0.3, -0.25) is 4.79 Å². The fourth-order valence-corrected chi connectivity index (χ4v) is 4.32. The zero-order chi connectivity index (χ0) is 19.1. The Bertz CT molecular complexity index is 1010. The Morgan fingerprint density at radius 1 is 1.37 bits per heavy atom. The summed E-state index contributed by atoms with van der Waals surface area (Å²) >= 11 is 1.52. The molecule has 140 valence electrons. The number of rotatable bonds is 4. The molecule has 8 heteroatoms. The van der Waals surface area contributed by atoms with Crippen molar-refractivity contribution in [1.82, 2.24) is 14.8 Å². The van der Waals surface area contributed by atoms with Crippen molar-refractivity contribution >= 4 is 17.2 Å². The van der Waals surface area contributed by atoms with E-state index in [4.69, 9.17) is 10.5 Å². The number of thiophene rings is 1. The highest BCUT2D eigenvalue weighted by molar-refractivity contribution is 7.19. The number of amides is 1. The van der Waals surface area contributed by atoms with Gasteiger partial charge in [0, 0.05) is 28.3 Å². The summed E-state index contributed by atoms with van der Waals surface area (Å²) in [6, 6.07) is 7.23. The standard InChI is InChI=1S/C19H19FN4O2S/c1-10(2)17(20)24-19(22-9-23-24)15-8-11-5-6-26-14-7-12(18(21)25)3-4-13(14)16(11)27-15/h3-4,7-10,17H,5-6H2,1-2H3,(H2,21,25). The first-order valence-electron chi connectivity index (χ1n) is 8.69. The van der Waals surface area contributed by atoms with Crippen LogP contribution in [-0.2, 0) is 6.42 Å². The number of hydrogen-bond donors (Lipinski definition) is 1. The minimum atomic E-state index is -1.24. The monoisotopic (exact) mass is 386 g/mol. The SMILES string of the molecule is CC(C)C(F)n1ncnc1-c1cc2c(s1)-c1ccc(C(N)=O)cc1OCC2. The highest BCUT2D eigenvalue weighted by atomic mass is 32.1. The number of nitrogens with two attached hydrogens (primary N) is 1. The smallest absolute Gasteiger partial charge is 0.248 e. The Labute approximate surface area is 159 Å². The predicted octanol–water partition coefficient (Wildman–Crippen LogP) is 3.83. The van der Waals surface area contributed by atoms with E-state index in [0.29, 0.717) is 30.2 Å². The van der Waals surface area contributed by atoms with E-state index >= 15 is 0 Å². The molecule has 0 fully saturated rings. The quantitative estimate of drug-likeness (QED) is 0.739. The Morgan fingerprint density at radius 3 is 2.93 bits per heavy atom. The van der Waals surface area contributed by atoms with Gasteiger partial charge in [0.25, 0.3) is 0 Å². The molecule has 6 nitrogen and oxygen atoms in total. The molecule has 0 saturated carbocycles. The summed E-state index contributed by atoms with van der Waals surface area (Å²) in [5.41, 5.74) is 7.79. The first-order chi connectivity index (χ1) is 13.0. The van der Waals surface area contributed by atoms with Crippen molar-refractivity contribution in [2.24, 2.45) is 11.7 Å². The van der Waals surface area contributed by atoms with Crippen LogP contribution >= 0.6 is 11.3 Å². The molecule has 0 saturated heterocycles. The molecule has 0 bridgehead atoms. The highest BCUT2D eigenvalue weighted by Gasteiger charge is 2.24. The summed E-state index contributed by atoms with van der Waals surface area (Å²) in [5.74, 6) is 0.453. The fraction of sp³-hybridized carbons (Fsp3) is 0.316. The van der Waals surface area contributed by atoms with Crippen molar-refractivity contribution in [2.75, 3.05) is 6.61 Å². The number of nitrogens with zero attached hydrogens (tertiary/aromatic N) is 3. The molecule has 4 rings (SSSR count). The van der Waals surface area contributed by atoms with Crippen molar-refractivity contribution in [1.29, 1.82) is 0 Å². The highest BCUT2D eigenvalue weighted by Crippen LogP contribution is 2.44. The van der Waals surface area contributed by atoms with Crippen molar-refractivity contribution in [2.45, 2.75) is 26.6 Å². The number of aromatic nitrogens is 3. The van der Waals surface area contributed by atoms with Gasteiger partial charge in [-0.15, -0.1) is 11.3 Å². The molecule has 2 N–H and O–H groups in total. The number of benzene rings is 1. The molecular formula is C19H19FN4O2S. The van der Waals surface area contributed by atoms with Gasteiger partial charge in [-0.1, -0.05) is 13.8 Å². The number of fused-ring (bicyclic) bond motifs is 3. The third-order valence-electron chi connectivity index (χ3n) is 4.53. The second kappa shape index (κ2) is 6.77. The number of halogens is 1. The van der Waals surface area contributed by atoms with Crippen LogP contribution in [0, 0.1) is 5.92 Å². The summed E-state index contributed by atoms with van der Waals surface area (Å²) in [5, 5.41) is 4.07. The number of ether oxygens (including phenoxy) is 1. The van der Waals surface area contributed by atoms with E-state index in [-0.39, 0.29) is 5.92 Å². The molecule has 1 aromatic carbocycles. The molecule has 0 radical (unpaired) electrons. The van der Waals surface area contributed by atoms with Gasteiger partial charge in [0.05, 0.1) is 11.5 Å². The Hall–Kier alpha value is -2.74. The molecule has 27 heavy (non-hydrogen) atoms. The zero-order valence-corrected chi connectivity index (χ0v) is 15.8. The summed E-state index contributed by atoms with van der Waals surface area (Å²) in [4.78, 5) is 17.6. The van der Waals surface area contributed by atoms with Crippen LogP contribution in [0.25, 0.3) is 21.1 Å². The van der Waals surface area contributed by atoms with Crippen LogP contribution in [0.2, 0.25) is 0 Å². The third-order valence-corrected chi connectivity index (χ3v) is 5.73. The van der Waals surface area contributed by atoms with Crippen LogP contribution in [0.3, 0.4) is 0 Å². The minimum Gasteiger partial charge on any atom is -0.493 e. The predicted molar refractivity (Wildman–Crippen MR) is 101 cm³/mol. The number of primary amides is 1. The van der Waals surface area contributed by atoms with E-state index in [1.54, 1.807) is 12.1 Å². The van der Waals surface area contributed by atoms with Crippen LogP contribution in [0.15, 0.2) is 30.6 Å². The Kier molecular flexibility index (Phi) is 4.43. The van der Waals surface area contributed by atoms with E-state index in [9.17, 15) is 9.18 Å². The first kappa shape index (κ1) is 17.7. The molecule has 1 unspecified atom stereocenters. The molecule has 1 aliphatic heterocycles. The van der Waals surface area contributed by atoms with Gasteiger partial charge in [0.15, 0.2) is 12.1 Å². The maximum Gasteiger partial charge on any atom is 0.248 e. The molecule has 2 aromatic heterocycles. The van der Waals surface area contributed by atoms with Crippen LogP contribution in [0.4, 0.5) is 4.39 Å². The van der Waals surface area contributed by atoms with E-state index in [0.717, 1.165) is 20.9 Å². The van der Waals surface area contributed by atoms with Gasteiger partial charge < -0.3 is 10.5 Å². The number of hydrogen-bond acceptors (Lipinski definition) is 5. The lowest BCUT2D eigenvalue weighted by Crippen LogP contribution is -2.12. The molecule has 1 atom stereocenters. The summed E-state index contributed by atoms with van der Waals surface area (Å²) < 4.78 is 21.7. The summed E-state index contributed by atoms with van der Waals surface area (Å²) in [6.07, 6.45) is 0.855. The maximum absolute atomic E-state index is 14.5. The van der Waals surface area contributed by atoms with E-state index in [2.05, 4.69) is 10.1 Å². The zero-order valence-electron chi connectivity index (χ0n) is 15.0. The maximum atomic E-state index is 14.5. The molecule has 1 aliphatic rings. The van der Waals surface area contributed by atoms with Crippen LogP contribution in [0.5, 0.6) is 5.75 Å². The van der Waals surface area contributed by atoms with Gasteiger partial charge in [-0.05, 0) is 29.8 Å². The number of carbonyl (C=O) groups is 1. The largest absolute Gasteiger partial charge is 0.493 e. The van der Waals surface area contributed by atoms with Crippen molar-refractivity contribution in [3.05, 3.63) is 41.7 Å². The Morgan fingerprint density at radius 2 is 2.19 bits per heavy atom. The molecule has 3 heterocycles. The van der Waals surface area contributed by atoms with E-state index in [1.165, 1.54) is 22.3 Å². The van der Waals surface area contributed by atoms with Crippen molar-refractivity contribution in [3.63, 3.8) is 0 Å². The minimum absolute atomic E-state index is 0.204.